The summed E-state index contributed by atoms with van der Waals surface area (Å²) in [6, 6.07) is 4.33. The second-order valence-electron chi connectivity index (χ2n) is 3.26. The van der Waals surface area contributed by atoms with E-state index in [1.807, 2.05) is 11.3 Å². The van der Waals surface area contributed by atoms with Gasteiger partial charge in [0.2, 0.25) is 0 Å². The Morgan fingerprint density at radius 3 is 3.00 bits per heavy atom. The average Bonchev–Trinajstić information content (AvgIpc) is 2.56. The van der Waals surface area contributed by atoms with Crippen LogP contribution in [0.1, 0.15) is 30.1 Å². The van der Waals surface area contributed by atoms with Crippen molar-refractivity contribution in [1.82, 2.24) is 0 Å². The molecule has 1 saturated carbocycles. The van der Waals surface area contributed by atoms with E-state index in [1.54, 1.807) is 0 Å². The molecule has 1 heterocycles. The van der Waals surface area contributed by atoms with Crippen molar-refractivity contribution in [2.24, 2.45) is 0 Å². The third-order valence-corrected chi connectivity index (χ3v) is 3.71. The van der Waals surface area contributed by atoms with E-state index in [1.165, 1.54) is 17.7 Å². The summed E-state index contributed by atoms with van der Waals surface area (Å²) in [6.07, 6.45) is 6.00. The number of rotatable bonds is 1. The van der Waals surface area contributed by atoms with Gasteiger partial charge in [0.1, 0.15) is 0 Å². The maximum absolute atomic E-state index is 6.08. The molecule has 0 aromatic carbocycles. The van der Waals surface area contributed by atoms with Gasteiger partial charge in [-0.2, -0.15) is 0 Å². The molecular formula is C10H12ClS. The van der Waals surface area contributed by atoms with Crippen LogP contribution in [0.5, 0.6) is 0 Å². The monoisotopic (exact) mass is 199 g/mol. The van der Waals surface area contributed by atoms with Crippen LogP contribution in [-0.4, -0.2) is 5.38 Å². The average molecular weight is 200 g/mol. The maximum atomic E-state index is 6.08. The summed E-state index contributed by atoms with van der Waals surface area (Å²) >= 11 is 7.92. The minimum absolute atomic E-state index is 0.297. The van der Waals surface area contributed by atoms with Crippen LogP contribution >= 0.6 is 22.9 Å². The Hall–Kier alpha value is -0.0100. The van der Waals surface area contributed by atoms with Crippen LogP contribution in [0.2, 0.25) is 0 Å². The molecule has 0 aliphatic heterocycles. The number of hydrogen-bond acceptors (Lipinski definition) is 1. The second kappa shape index (κ2) is 3.80. The third-order valence-electron chi connectivity index (χ3n) is 2.34. The third kappa shape index (κ3) is 1.83. The van der Waals surface area contributed by atoms with E-state index in [4.69, 9.17) is 11.6 Å². The van der Waals surface area contributed by atoms with Crippen LogP contribution < -0.4 is 0 Å². The smallest absolute Gasteiger partial charge is 0.0373 e. The van der Waals surface area contributed by atoms with Gasteiger partial charge < -0.3 is 0 Å². The van der Waals surface area contributed by atoms with Crippen molar-refractivity contribution in [3.63, 3.8) is 0 Å². The molecule has 2 unspecified atom stereocenters. The standard InChI is InChI=1S/C10H12ClS/c11-9-4-1-3-8(7-9)10-5-2-6-12-10/h2,5-9H,1,3-4H2. The van der Waals surface area contributed by atoms with Gasteiger partial charge in [-0.3, -0.25) is 0 Å². The normalized spacial score (nSPS) is 30.4. The molecule has 12 heavy (non-hydrogen) atoms. The fraction of sp³-hybridized carbons (Fsp3) is 0.500. The Bertz CT molecular complexity index is 230. The van der Waals surface area contributed by atoms with Gasteiger partial charge in [-0.15, -0.1) is 22.9 Å². The number of halogens is 1. The molecule has 1 radical (unpaired) electrons. The van der Waals surface area contributed by atoms with Crippen molar-refractivity contribution >= 4 is 22.9 Å². The summed E-state index contributed by atoms with van der Waals surface area (Å²) in [4.78, 5) is 1.47. The molecule has 0 bridgehead atoms. The van der Waals surface area contributed by atoms with E-state index in [2.05, 4.69) is 23.9 Å². The van der Waals surface area contributed by atoms with Crippen molar-refractivity contribution in [1.29, 1.82) is 0 Å². The molecule has 1 fully saturated rings. The first-order valence-corrected chi connectivity index (χ1v) is 5.70. The molecule has 1 aliphatic rings. The minimum Gasteiger partial charge on any atom is -0.149 e. The topological polar surface area (TPSA) is 0 Å². The van der Waals surface area contributed by atoms with Gasteiger partial charge in [-0.05, 0) is 36.6 Å². The number of thiophene rings is 1. The lowest BCUT2D eigenvalue weighted by molar-refractivity contribution is 0.544. The molecule has 1 aromatic rings. The highest BCUT2D eigenvalue weighted by atomic mass is 35.5. The van der Waals surface area contributed by atoms with Crippen molar-refractivity contribution in [3.8, 4) is 0 Å². The molecule has 1 aromatic heterocycles. The first kappa shape index (κ1) is 8.58. The van der Waals surface area contributed by atoms with Crippen molar-refractivity contribution in [2.75, 3.05) is 0 Å². The summed E-state index contributed by atoms with van der Waals surface area (Å²) in [6.45, 7) is 0. The van der Waals surface area contributed by atoms with Crippen LogP contribution in [-0.2, 0) is 0 Å². The lowest BCUT2D eigenvalue weighted by Crippen LogP contribution is -2.13. The number of hydrogen-bond donors (Lipinski definition) is 0. The zero-order valence-electron chi connectivity index (χ0n) is 6.87. The van der Waals surface area contributed by atoms with Gasteiger partial charge in [0, 0.05) is 10.3 Å². The Labute approximate surface area is 82.6 Å². The highest BCUT2D eigenvalue weighted by Gasteiger charge is 2.22. The first-order chi connectivity index (χ1) is 5.86. The molecule has 2 rings (SSSR count). The molecule has 2 heteroatoms. The highest BCUT2D eigenvalue weighted by Crippen LogP contribution is 2.36. The molecule has 0 spiro atoms. The lowest BCUT2D eigenvalue weighted by Gasteiger charge is -2.23. The molecule has 0 saturated heterocycles. The summed E-state index contributed by atoms with van der Waals surface area (Å²) < 4.78 is 0. The van der Waals surface area contributed by atoms with E-state index in [0.29, 0.717) is 11.3 Å². The van der Waals surface area contributed by atoms with E-state index in [-0.39, 0.29) is 0 Å². The van der Waals surface area contributed by atoms with Gasteiger partial charge in [0.15, 0.2) is 0 Å². The molecule has 0 N–H and O–H groups in total. The molecule has 2 atom stereocenters. The molecule has 1 aliphatic carbocycles. The number of alkyl halides is 1. The largest absolute Gasteiger partial charge is 0.149 e. The fourth-order valence-corrected chi connectivity index (χ4v) is 2.89. The van der Waals surface area contributed by atoms with Crippen LogP contribution in [0.3, 0.4) is 0 Å². The van der Waals surface area contributed by atoms with Crippen LogP contribution in [0.25, 0.3) is 0 Å². The van der Waals surface area contributed by atoms with Crippen LogP contribution in [0.4, 0.5) is 0 Å². The first-order valence-electron chi connectivity index (χ1n) is 4.39. The van der Waals surface area contributed by atoms with Crippen molar-refractivity contribution in [3.05, 3.63) is 28.8 Å². The molecule has 0 amide bonds. The summed E-state index contributed by atoms with van der Waals surface area (Å²) in [7, 11) is 0. The Balaban J connectivity index is 2.04. The quantitative estimate of drug-likeness (QED) is 0.604. The SMILES string of the molecule is ClC1[CH]C(c2cccs2)CCC1. The summed E-state index contributed by atoms with van der Waals surface area (Å²) in [5.41, 5.74) is 0. The van der Waals surface area contributed by atoms with Crippen LogP contribution in [0.15, 0.2) is 17.5 Å². The lowest BCUT2D eigenvalue weighted by atomic mass is 9.88. The summed E-state index contributed by atoms with van der Waals surface area (Å²) in [5, 5.41) is 2.44. The Kier molecular flexibility index (Phi) is 2.72. The zero-order valence-corrected chi connectivity index (χ0v) is 8.44. The summed E-state index contributed by atoms with van der Waals surface area (Å²) in [5.74, 6) is 0.626. The van der Waals surface area contributed by atoms with Gasteiger partial charge in [0.05, 0.1) is 0 Å². The fourth-order valence-electron chi connectivity index (χ4n) is 1.72. The van der Waals surface area contributed by atoms with E-state index in [9.17, 15) is 0 Å². The molecular weight excluding hydrogens is 188 g/mol. The van der Waals surface area contributed by atoms with Crippen LogP contribution in [0, 0.1) is 6.42 Å². The predicted octanol–water partition coefficient (Wildman–Crippen LogP) is 3.83. The predicted molar refractivity (Wildman–Crippen MR) is 54.9 cm³/mol. The van der Waals surface area contributed by atoms with Gasteiger partial charge in [-0.1, -0.05) is 12.5 Å². The molecule has 0 nitrogen and oxygen atoms in total. The van der Waals surface area contributed by atoms with E-state index >= 15 is 0 Å². The zero-order chi connectivity index (χ0) is 8.39. The maximum Gasteiger partial charge on any atom is 0.0373 e. The Morgan fingerprint density at radius 1 is 1.42 bits per heavy atom. The van der Waals surface area contributed by atoms with Gasteiger partial charge >= 0.3 is 0 Å². The second-order valence-corrected chi connectivity index (χ2v) is 4.80. The molecule has 65 valence electrons. The highest BCUT2D eigenvalue weighted by molar-refractivity contribution is 7.10. The van der Waals surface area contributed by atoms with Crippen molar-refractivity contribution < 1.29 is 0 Å². The Morgan fingerprint density at radius 2 is 2.33 bits per heavy atom. The van der Waals surface area contributed by atoms with E-state index in [0.717, 1.165) is 6.42 Å². The minimum atomic E-state index is 0.297. The van der Waals surface area contributed by atoms with E-state index < -0.39 is 0 Å². The van der Waals surface area contributed by atoms with Gasteiger partial charge in [0.25, 0.3) is 0 Å². The van der Waals surface area contributed by atoms with Crippen molar-refractivity contribution in [2.45, 2.75) is 30.6 Å². The van der Waals surface area contributed by atoms with Gasteiger partial charge in [-0.25, -0.2) is 0 Å².